The second-order valence-electron chi connectivity index (χ2n) is 6.19. The fourth-order valence-electron chi connectivity index (χ4n) is 3.12. The minimum absolute atomic E-state index is 0. The van der Waals surface area contributed by atoms with Crippen LogP contribution in [-0.2, 0) is 6.54 Å². The van der Waals surface area contributed by atoms with E-state index in [-0.39, 0.29) is 24.0 Å². The van der Waals surface area contributed by atoms with Crippen molar-refractivity contribution < 1.29 is 4.74 Å². The van der Waals surface area contributed by atoms with E-state index in [4.69, 9.17) is 16.3 Å². The summed E-state index contributed by atoms with van der Waals surface area (Å²) in [5, 5.41) is 7.56. The first-order valence-electron chi connectivity index (χ1n) is 8.71. The summed E-state index contributed by atoms with van der Waals surface area (Å²) in [5.74, 6) is 1.66. The Kier molecular flexibility index (Phi) is 8.49. The van der Waals surface area contributed by atoms with E-state index < -0.39 is 0 Å². The Bertz CT molecular complexity index is 739. The van der Waals surface area contributed by atoms with E-state index in [1.165, 1.54) is 0 Å². The van der Waals surface area contributed by atoms with Crippen LogP contribution in [0.1, 0.15) is 6.42 Å². The number of rotatable bonds is 6. The Morgan fingerprint density at radius 1 is 1.44 bits per heavy atom. The maximum Gasteiger partial charge on any atom is 0.191 e. The molecule has 1 atom stereocenters. The molecule has 3 rings (SSSR count). The molecule has 1 aromatic carbocycles. The van der Waals surface area contributed by atoms with Gasteiger partial charge in [0.15, 0.2) is 5.96 Å². The molecular formula is C18H26ClIN6O. The third-order valence-corrected chi connectivity index (χ3v) is 4.69. The Labute approximate surface area is 182 Å². The van der Waals surface area contributed by atoms with Crippen LogP contribution in [0.2, 0.25) is 5.02 Å². The van der Waals surface area contributed by atoms with Crippen LogP contribution in [0.3, 0.4) is 0 Å². The summed E-state index contributed by atoms with van der Waals surface area (Å²) < 4.78 is 7.51. The summed E-state index contributed by atoms with van der Waals surface area (Å²) in [5.41, 5.74) is 1.03. The molecule has 0 aliphatic carbocycles. The van der Waals surface area contributed by atoms with Gasteiger partial charge in [-0.05, 0) is 24.6 Å². The van der Waals surface area contributed by atoms with Crippen molar-refractivity contribution in [1.82, 2.24) is 20.2 Å². The molecule has 148 valence electrons. The van der Waals surface area contributed by atoms with E-state index >= 15 is 0 Å². The van der Waals surface area contributed by atoms with Crippen molar-refractivity contribution in [3.63, 3.8) is 0 Å². The standard InChI is InChI=1S/C18H25ClN6O.HI/c1-20-18(22-7-10-24-9-6-21-13-24)23-15-5-8-25(12-15)16-11-14(19)3-4-17(16)26-2;/h3-4,6,9,11,13,15H,5,7-8,10,12H2,1-2H3,(H2,20,22,23);1H. The predicted molar refractivity (Wildman–Crippen MR) is 121 cm³/mol. The van der Waals surface area contributed by atoms with E-state index in [1.807, 2.05) is 35.3 Å². The van der Waals surface area contributed by atoms with Crippen molar-refractivity contribution in [3.05, 3.63) is 41.9 Å². The van der Waals surface area contributed by atoms with Crippen molar-refractivity contribution in [3.8, 4) is 5.75 Å². The second-order valence-corrected chi connectivity index (χ2v) is 6.63. The molecule has 1 saturated heterocycles. The molecule has 1 unspecified atom stereocenters. The molecule has 0 spiro atoms. The van der Waals surface area contributed by atoms with Gasteiger partial charge in [-0.15, -0.1) is 24.0 Å². The minimum Gasteiger partial charge on any atom is -0.495 e. The zero-order valence-electron chi connectivity index (χ0n) is 15.6. The van der Waals surface area contributed by atoms with Crippen molar-refractivity contribution in [2.24, 2.45) is 4.99 Å². The predicted octanol–water partition coefficient (Wildman–Crippen LogP) is 2.61. The number of hydrogen-bond acceptors (Lipinski definition) is 4. The number of hydrogen-bond donors (Lipinski definition) is 2. The normalized spacial score (nSPS) is 16.8. The number of benzene rings is 1. The average molecular weight is 505 g/mol. The van der Waals surface area contributed by atoms with Gasteiger partial charge in [0.25, 0.3) is 0 Å². The monoisotopic (exact) mass is 504 g/mol. The number of aromatic nitrogens is 2. The highest BCUT2D eigenvalue weighted by Gasteiger charge is 2.25. The molecule has 0 amide bonds. The van der Waals surface area contributed by atoms with Crippen molar-refractivity contribution in [2.75, 3.05) is 38.7 Å². The van der Waals surface area contributed by atoms with E-state index in [1.54, 1.807) is 20.4 Å². The molecule has 1 aliphatic heterocycles. The highest BCUT2D eigenvalue weighted by Crippen LogP contribution is 2.33. The molecular weight excluding hydrogens is 479 g/mol. The molecule has 9 heteroatoms. The molecule has 2 N–H and O–H groups in total. The summed E-state index contributed by atoms with van der Waals surface area (Å²) in [6.45, 7) is 3.45. The van der Waals surface area contributed by atoms with Gasteiger partial charge in [0.2, 0.25) is 0 Å². The maximum absolute atomic E-state index is 6.16. The first-order valence-corrected chi connectivity index (χ1v) is 9.09. The van der Waals surface area contributed by atoms with Gasteiger partial charge in [0.1, 0.15) is 5.75 Å². The van der Waals surface area contributed by atoms with Gasteiger partial charge in [0, 0.05) is 56.7 Å². The van der Waals surface area contributed by atoms with Gasteiger partial charge in [-0.3, -0.25) is 4.99 Å². The number of nitrogens with zero attached hydrogens (tertiary/aromatic N) is 4. The van der Waals surface area contributed by atoms with E-state index in [0.717, 1.165) is 50.0 Å². The summed E-state index contributed by atoms with van der Waals surface area (Å²) in [7, 11) is 3.48. The number of aliphatic imine (C=N–C) groups is 1. The molecule has 1 fully saturated rings. The van der Waals surface area contributed by atoms with Crippen LogP contribution in [0.5, 0.6) is 5.75 Å². The number of nitrogens with one attached hydrogen (secondary N) is 2. The lowest BCUT2D eigenvalue weighted by atomic mass is 10.2. The number of anilines is 1. The largest absolute Gasteiger partial charge is 0.495 e. The van der Waals surface area contributed by atoms with Crippen LogP contribution in [0, 0.1) is 0 Å². The SMILES string of the molecule is CN=C(NCCn1ccnc1)NC1CCN(c2cc(Cl)ccc2OC)C1.I. The van der Waals surface area contributed by atoms with Gasteiger partial charge in [-0.2, -0.15) is 0 Å². The van der Waals surface area contributed by atoms with Crippen molar-refractivity contribution in [1.29, 1.82) is 0 Å². The number of methoxy groups -OCH3 is 1. The average Bonchev–Trinajstić information content (AvgIpc) is 3.32. The molecule has 1 aromatic heterocycles. The van der Waals surface area contributed by atoms with Crippen LogP contribution in [0.4, 0.5) is 5.69 Å². The van der Waals surface area contributed by atoms with Gasteiger partial charge in [0.05, 0.1) is 19.1 Å². The molecule has 0 saturated carbocycles. The third-order valence-electron chi connectivity index (χ3n) is 4.46. The molecule has 2 heterocycles. The Hall–Kier alpha value is -1.68. The number of guanidine groups is 1. The summed E-state index contributed by atoms with van der Waals surface area (Å²) in [6.07, 6.45) is 6.57. The number of imidazole rings is 1. The first-order chi connectivity index (χ1) is 12.7. The lowest BCUT2D eigenvalue weighted by molar-refractivity contribution is 0.415. The van der Waals surface area contributed by atoms with Crippen molar-refractivity contribution in [2.45, 2.75) is 19.0 Å². The quantitative estimate of drug-likeness (QED) is 0.360. The fraction of sp³-hybridized carbons (Fsp3) is 0.444. The highest BCUT2D eigenvalue weighted by atomic mass is 127. The minimum atomic E-state index is 0. The van der Waals surface area contributed by atoms with E-state index in [2.05, 4.69) is 25.5 Å². The second kappa shape index (κ2) is 10.6. The highest BCUT2D eigenvalue weighted by molar-refractivity contribution is 14.0. The van der Waals surface area contributed by atoms with E-state index in [9.17, 15) is 0 Å². The first kappa shape index (κ1) is 21.6. The molecule has 2 aromatic rings. The third kappa shape index (κ3) is 5.90. The molecule has 1 aliphatic rings. The number of halogens is 2. The Morgan fingerprint density at radius 3 is 3.00 bits per heavy atom. The van der Waals surface area contributed by atoms with Crippen LogP contribution in [-0.4, -0.2) is 55.3 Å². The van der Waals surface area contributed by atoms with Crippen LogP contribution in [0.15, 0.2) is 41.9 Å². The number of ether oxygens (including phenoxy) is 1. The van der Waals surface area contributed by atoms with Gasteiger partial charge >= 0.3 is 0 Å². The summed E-state index contributed by atoms with van der Waals surface area (Å²) >= 11 is 6.16. The molecule has 7 nitrogen and oxygen atoms in total. The van der Waals surface area contributed by atoms with Gasteiger partial charge in [-0.1, -0.05) is 11.6 Å². The fourth-order valence-corrected chi connectivity index (χ4v) is 3.28. The lowest BCUT2D eigenvalue weighted by Gasteiger charge is -2.22. The summed E-state index contributed by atoms with van der Waals surface area (Å²) in [6, 6.07) is 6.04. The smallest absolute Gasteiger partial charge is 0.191 e. The lowest BCUT2D eigenvalue weighted by Crippen LogP contribution is -2.45. The Morgan fingerprint density at radius 2 is 2.30 bits per heavy atom. The molecule has 27 heavy (non-hydrogen) atoms. The summed E-state index contributed by atoms with van der Waals surface area (Å²) in [4.78, 5) is 10.7. The van der Waals surface area contributed by atoms with Gasteiger partial charge < -0.3 is 24.8 Å². The van der Waals surface area contributed by atoms with E-state index in [0.29, 0.717) is 11.1 Å². The van der Waals surface area contributed by atoms with Crippen LogP contribution in [0.25, 0.3) is 0 Å². The van der Waals surface area contributed by atoms with Gasteiger partial charge in [-0.25, -0.2) is 4.98 Å². The Balaban J connectivity index is 0.00000261. The van der Waals surface area contributed by atoms with Crippen molar-refractivity contribution >= 4 is 47.2 Å². The zero-order valence-corrected chi connectivity index (χ0v) is 18.6. The molecule has 0 radical (unpaired) electrons. The zero-order chi connectivity index (χ0) is 18.4. The topological polar surface area (TPSA) is 66.7 Å². The molecule has 0 bridgehead atoms. The van der Waals surface area contributed by atoms with Crippen LogP contribution >= 0.6 is 35.6 Å². The maximum atomic E-state index is 6.16. The van der Waals surface area contributed by atoms with Crippen LogP contribution < -0.4 is 20.3 Å².